The van der Waals surface area contributed by atoms with Crippen molar-refractivity contribution in [3.8, 4) is 0 Å². The third-order valence-electron chi connectivity index (χ3n) is 3.25. The highest BCUT2D eigenvalue weighted by molar-refractivity contribution is 5.77. The molecule has 1 heterocycles. The first-order valence-corrected chi connectivity index (χ1v) is 5.71. The molecule has 0 aliphatic carbocycles. The summed E-state index contributed by atoms with van der Waals surface area (Å²) in [5, 5.41) is 22.1. The van der Waals surface area contributed by atoms with E-state index in [0.717, 1.165) is 5.39 Å². The van der Waals surface area contributed by atoms with Crippen LogP contribution in [0, 0.1) is 0 Å². The number of nitrogens with one attached hydrogen (secondary N) is 1. The number of likely N-dealkylation sites (N-methyl/N-ethyl adjacent to an activating group) is 1. The second-order valence-electron chi connectivity index (χ2n) is 4.22. The van der Waals surface area contributed by atoms with Crippen LogP contribution in [-0.2, 0) is 5.67 Å². The van der Waals surface area contributed by atoms with Crippen LogP contribution in [0.1, 0.15) is 5.56 Å². The molecule has 18 heavy (non-hydrogen) atoms. The molecule has 5 heteroatoms. The highest BCUT2D eigenvalue weighted by Gasteiger charge is 2.39. The van der Waals surface area contributed by atoms with E-state index in [2.05, 4.69) is 5.32 Å². The van der Waals surface area contributed by atoms with Crippen molar-refractivity contribution in [2.45, 2.75) is 11.7 Å². The lowest BCUT2D eigenvalue weighted by Gasteiger charge is -2.31. The van der Waals surface area contributed by atoms with Gasteiger partial charge in [-0.05, 0) is 24.7 Å². The third kappa shape index (κ3) is 2.01. The average molecular weight is 253 g/mol. The molecule has 0 aliphatic rings. The number of rotatable bonds is 5. The average Bonchev–Trinajstić information content (AvgIpc) is 2.86. The lowest BCUT2D eigenvalue weighted by Crippen LogP contribution is -2.49. The van der Waals surface area contributed by atoms with Crippen LogP contribution < -0.4 is 5.32 Å². The summed E-state index contributed by atoms with van der Waals surface area (Å²) < 4.78 is 20.1. The molecular formula is C13H16FNO3. The van der Waals surface area contributed by atoms with Gasteiger partial charge in [-0.25, -0.2) is 4.39 Å². The molecule has 3 N–H and O–H groups in total. The summed E-state index contributed by atoms with van der Waals surface area (Å²) >= 11 is 0. The molecule has 1 aromatic heterocycles. The van der Waals surface area contributed by atoms with E-state index in [0.29, 0.717) is 5.58 Å². The maximum atomic E-state index is 14.8. The molecule has 2 rings (SSSR count). The van der Waals surface area contributed by atoms with E-state index in [4.69, 9.17) is 4.42 Å². The van der Waals surface area contributed by atoms with E-state index in [-0.39, 0.29) is 5.56 Å². The first-order chi connectivity index (χ1) is 8.65. The first-order valence-electron chi connectivity index (χ1n) is 5.71. The SMILES string of the molecule is CNC(CO)C(F)(CO)c1ccc2ccoc2c1. The quantitative estimate of drug-likeness (QED) is 0.748. The lowest BCUT2D eigenvalue weighted by molar-refractivity contribution is 0.0121. The Kier molecular flexibility index (Phi) is 3.65. The number of alkyl halides is 1. The van der Waals surface area contributed by atoms with Crippen molar-refractivity contribution in [2.24, 2.45) is 0 Å². The molecule has 0 spiro atoms. The van der Waals surface area contributed by atoms with Crippen LogP contribution in [0.3, 0.4) is 0 Å². The predicted molar refractivity (Wildman–Crippen MR) is 66.0 cm³/mol. The number of fused-ring (bicyclic) bond motifs is 1. The maximum absolute atomic E-state index is 14.8. The molecular weight excluding hydrogens is 237 g/mol. The number of aliphatic hydroxyl groups excluding tert-OH is 2. The molecule has 0 bridgehead atoms. The van der Waals surface area contributed by atoms with Gasteiger partial charge < -0.3 is 19.9 Å². The molecule has 0 amide bonds. The van der Waals surface area contributed by atoms with Gasteiger partial charge in [0.05, 0.1) is 25.5 Å². The Labute approximate surface area is 104 Å². The number of furan rings is 1. The second kappa shape index (κ2) is 5.06. The Balaban J connectivity index is 2.47. The molecule has 0 aliphatic heterocycles. The van der Waals surface area contributed by atoms with E-state index in [9.17, 15) is 14.6 Å². The van der Waals surface area contributed by atoms with Crippen LogP contribution >= 0.6 is 0 Å². The number of benzene rings is 1. The van der Waals surface area contributed by atoms with Gasteiger partial charge in [-0.2, -0.15) is 0 Å². The van der Waals surface area contributed by atoms with Gasteiger partial charge in [-0.3, -0.25) is 0 Å². The van der Waals surface area contributed by atoms with Crippen LogP contribution in [0.25, 0.3) is 11.0 Å². The Hall–Kier alpha value is -1.43. The fraction of sp³-hybridized carbons (Fsp3) is 0.385. The zero-order valence-corrected chi connectivity index (χ0v) is 10.1. The zero-order chi connectivity index (χ0) is 13.2. The summed E-state index contributed by atoms with van der Waals surface area (Å²) in [6, 6.07) is 5.76. The monoisotopic (exact) mass is 253 g/mol. The molecule has 2 aromatic rings. The topological polar surface area (TPSA) is 65.6 Å². The summed E-state index contributed by atoms with van der Waals surface area (Å²) in [4.78, 5) is 0. The van der Waals surface area contributed by atoms with Gasteiger partial charge in [-0.15, -0.1) is 0 Å². The first kappa shape index (κ1) is 13.0. The normalized spacial score (nSPS) is 16.7. The predicted octanol–water partition coefficient (Wildman–Crippen LogP) is 1.17. The van der Waals surface area contributed by atoms with Crippen LogP contribution in [0.2, 0.25) is 0 Å². The van der Waals surface area contributed by atoms with E-state index in [1.165, 1.54) is 13.3 Å². The summed E-state index contributed by atoms with van der Waals surface area (Å²) in [7, 11) is 1.54. The minimum atomic E-state index is -2.05. The van der Waals surface area contributed by atoms with Crippen molar-refractivity contribution in [1.29, 1.82) is 0 Å². The molecule has 0 fully saturated rings. The highest BCUT2D eigenvalue weighted by atomic mass is 19.1. The van der Waals surface area contributed by atoms with Gasteiger partial charge in [0.1, 0.15) is 5.58 Å². The molecule has 98 valence electrons. The smallest absolute Gasteiger partial charge is 0.176 e. The van der Waals surface area contributed by atoms with Gasteiger partial charge in [-0.1, -0.05) is 12.1 Å². The van der Waals surface area contributed by atoms with Crippen molar-refractivity contribution in [1.82, 2.24) is 5.32 Å². The molecule has 0 radical (unpaired) electrons. The van der Waals surface area contributed by atoms with E-state index in [1.54, 1.807) is 24.3 Å². The molecule has 1 aromatic carbocycles. The van der Waals surface area contributed by atoms with Gasteiger partial charge in [0.15, 0.2) is 5.67 Å². The number of aliphatic hydroxyl groups is 2. The molecule has 0 saturated carbocycles. The van der Waals surface area contributed by atoms with Gasteiger partial charge in [0.2, 0.25) is 0 Å². The Morgan fingerprint density at radius 2 is 2.17 bits per heavy atom. The molecule has 0 saturated heterocycles. The fourth-order valence-corrected chi connectivity index (χ4v) is 2.08. The Morgan fingerprint density at radius 1 is 1.39 bits per heavy atom. The van der Waals surface area contributed by atoms with Gasteiger partial charge >= 0.3 is 0 Å². The summed E-state index contributed by atoms with van der Waals surface area (Å²) in [5.41, 5.74) is -1.22. The minimum Gasteiger partial charge on any atom is -0.464 e. The summed E-state index contributed by atoms with van der Waals surface area (Å²) in [6.07, 6.45) is 1.52. The molecule has 4 nitrogen and oxygen atoms in total. The summed E-state index contributed by atoms with van der Waals surface area (Å²) in [6.45, 7) is -1.13. The maximum Gasteiger partial charge on any atom is 0.176 e. The lowest BCUT2D eigenvalue weighted by atomic mass is 9.88. The molecule has 2 unspecified atom stereocenters. The van der Waals surface area contributed by atoms with Crippen LogP contribution in [0.5, 0.6) is 0 Å². The summed E-state index contributed by atoms with van der Waals surface area (Å²) in [5.74, 6) is 0. The number of hydrogen-bond donors (Lipinski definition) is 3. The van der Waals surface area contributed by atoms with Crippen LogP contribution in [0.15, 0.2) is 34.9 Å². The van der Waals surface area contributed by atoms with Crippen molar-refractivity contribution < 1.29 is 19.0 Å². The van der Waals surface area contributed by atoms with Crippen LogP contribution in [0.4, 0.5) is 4.39 Å². The van der Waals surface area contributed by atoms with E-state index < -0.39 is 24.9 Å². The van der Waals surface area contributed by atoms with Crippen molar-refractivity contribution in [3.05, 3.63) is 36.1 Å². The number of halogens is 1. The Bertz CT molecular complexity index is 524. The van der Waals surface area contributed by atoms with Gasteiger partial charge in [0, 0.05) is 5.39 Å². The fourth-order valence-electron chi connectivity index (χ4n) is 2.08. The van der Waals surface area contributed by atoms with E-state index >= 15 is 0 Å². The number of hydrogen-bond acceptors (Lipinski definition) is 4. The standard InChI is InChI=1S/C13H16FNO3/c1-15-12(7-16)13(14,8-17)10-3-2-9-4-5-18-11(9)6-10/h2-6,12,15-17H,7-8H2,1H3. The minimum absolute atomic E-state index is 0.279. The highest BCUT2D eigenvalue weighted by Crippen LogP contribution is 2.32. The molecule has 2 atom stereocenters. The van der Waals surface area contributed by atoms with E-state index in [1.807, 2.05) is 0 Å². The van der Waals surface area contributed by atoms with Crippen molar-refractivity contribution in [2.75, 3.05) is 20.3 Å². The third-order valence-corrected chi connectivity index (χ3v) is 3.25. The van der Waals surface area contributed by atoms with Crippen LogP contribution in [-0.4, -0.2) is 36.5 Å². The zero-order valence-electron chi connectivity index (χ0n) is 10.1. The largest absolute Gasteiger partial charge is 0.464 e. The van der Waals surface area contributed by atoms with Crippen molar-refractivity contribution in [3.63, 3.8) is 0 Å². The van der Waals surface area contributed by atoms with Gasteiger partial charge in [0.25, 0.3) is 0 Å². The van der Waals surface area contributed by atoms with Crippen molar-refractivity contribution >= 4 is 11.0 Å². The Morgan fingerprint density at radius 3 is 2.78 bits per heavy atom. The second-order valence-corrected chi connectivity index (χ2v) is 4.22.